The van der Waals surface area contributed by atoms with E-state index in [0.29, 0.717) is 24.6 Å². The summed E-state index contributed by atoms with van der Waals surface area (Å²) in [5.74, 6) is 1.09. The third-order valence-corrected chi connectivity index (χ3v) is 6.45. The maximum atomic E-state index is 12.8. The highest BCUT2D eigenvalue weighted by Crippen LogP contribution is 2.33. The van der Waals surface area contributed by atoms with Gasteiger partial charge in [0.15, 0.2) is 5.65 Å². The average molecular weight is 459 g/mol. The van der Waals surface area contributed by atoms with E-state index in [9.17, 15) is 18.0 Å². The Labute approximate surface area is 188 Å². The summed E-state index contributed by atoms with van der Waals surface area (Å²) in [7, 11) is 0. The Morgan fingerprint density at radius 1 is 1.06 bits per heavy atom. The third-order valence-electron chi connectivity index (χ3n) is 6.45. The minimum absolute atomic E-state index is 0.190. The molecule has 2 aliphatic heterocycles. The second-order valence-corrected chi connectivity index (χ2v) is 8.55. The number of pyridine rings is 1. The number of hydrogen-bond acceptors (Lipinski definition) is 5. The zero-order valence-corrected chi connectivity index (χ0v) is 17.9. The van der Waals surface area contributed by atoms with Gasteiger partial charge in [-0.3, -0.25) is 4.79 Å². The Morgan fingerprint density at radius 3 is 2.48 bits per heavy atom. The summed E-state index contributed by atoms with van der Waals surface area (Å²) in [5.41, 5.74) is 3.22. The second-order valence-electron chi connectivity index (χ2n) is 8.55. The van der Waals surface area contributed by atoms with Crippen LogP contribution >= 0.6 is 0 Å². The van der Waals surface area contributed by atoms with E-state index >= 15 is 0 Å². The maximum absolute atomic E-state index is 12.8. The summed E-state index contributed by atoms with van der Waals surface area (Å²) in [6, 6.07) is 7.09. The van der Waals surface area contributed by atoms with E-state index in [4.69, 9.17) is 4.98 Å². The van der Waals surface area contributed by atoms with Crippen molar-refractivity contribution in [3.05, 3.63) is 53.5 Å². The Kier molecular flexibility index (Phi) is 5.69. The fraction of sp³-hybridized carbons (Fsp3) is 0.435. The highest BCUT2D eigenvalue weighted by molar-refractivity contribution is 5.94. The van der Waals surface area contributed by atoms with Gasteiger partial charge in [0.2, 0.25) is 0 Å². The lowest BCUT2D eigenvalue weighted by atomic mass is 9.89. The Hall–Kier alpha value is -3.14. The average Bonchev–Trinajstić information content (AvgIpc) is 3.48. The molecule has 1 atom stereocenters. The summed E-state index contributed by atoms with van der Waals surface area (Å²) in [4.78, 5) is 27.2. The molecule has 10 heteroatoms. The van der Waals surface area contributed by atoms with Crippen LogP contribution < -0.4 is 10.1 Å². The maximum Gasteiger partial charge on any atom is 0.573 e. The smallest absolute Gasteiger partial charge is 0.406 e. The first kappa shape index (κ1) is 21.7. The first-order valence-electron chi connectivity index (χ1n) is 11.1. The molecule has 0 radical (unpaired) electrons. The molecule has 0 saturated carbocycles. The van der Waals surface area contributed by atoms with Gasteiger partial charge in [0.05, 0.1) is 5.52 Å². The summed E-state index contributed by atoms with van der Waals surface area (Å²) in [5, 5.41) is 3.36. The van der Waals surface area contributed by atoms with Crippen LogP contribution in [0.4, 0.5) is 13.2 Å². The number of nitrogens with zero attached hydrogens (tertiary/aromatic N) is 3. The van der Waals surface area contributed by atoms with Crippen molar-refractivity contribution < 1.29 is 22.7 Å². The number of piperidine rings is 1. The van der Waals surface area contributed by atoms with Crippen LogP contribution in [0, 0.1) is 0 Å². The summed E-state index contributed by atoms with van der Waals surface area (Å²) >= 11 is 0. The molecule has 3 aromatic rings. The fourth-order valence-corrected chi connectivity index (χ4v) is 4.75. The molecule has 1 aromatic carbocycles. The molecule has 174 valence electrons. The molecule has 4 heterocycles. The molecule has 7 nitrogen and oxygen atoms in total. The monoisotopic (exact) mass is 459 g/mol. The van der Waals surface area contributed by atoms with Crippen LogP contribution in [-0.4, -0.2) is 58.3 Å². The topological polar surface area (TPSA) is 83.1 Å². The minimum atomic E-state index is -4.75. The second kappa shape index (κ2) is 8.66. The van der Waals surface area contributed by atoms with Gasteiger partial charge in [-0.2, -0.15) is 0 Å². The molecule has 2 saturated heterocycles. The highest BCUT2D eigenvalue weighted by Gasteiger charge is 2.31. The summed E-state index contributed by atoms with van der Waals surface area (Å²) < 4.78 is 40.9. The van der Waals surface area contributed by atoms with E-state index in [2.05, 4.69) is 20.0 Å². The number of carbonyl (C=O) groups is 1. The molecule has 33 heavy (non-hydrogen) atoms. The molecule has 0 unspecified atom stereocenters. The van der Waals surface area contributed by atoms with E-state index in [1.54, 1.807) is 11.1 Å². The molecular weight excluding hydrogens is 435 g/mol. The lowest BCUT2D eigenvalue weighted by Crippen LogP contribution is -2.38. The van der Waals surface area contributed by atoms with Crippen LogP contribution in [0.3, 0.4) is 0 Å². The van der Waals surface area contributed by atoms with Gasteiger partial charge in [-0.05, 0) is 67.6 Å². The Balaban J connectivity index is 1.25. The number of aromatic amines is 1. The standard InChI is InChI=1S/C23H24F3N5O2/c24-23(25,26)33-17-3-1-15(2-4-17)22(32)31-11-7-14(8-12-31)18-6-10-28-21-19(18)29-20(30-21)16-5-9-27-13-16/h1-4,6,10,14,16,27H,5,7-9,11-13H2,(H,28,29,30)/t16-/m1/s1. The summed E-state index contributed by atoms with van der Waals surface area (Å²) in [6.45, 7) is 3.05. The van der Waals surface area contributed by atoms with Crippen molar-refractivity contribution in [1.29, 1.82) is 0 Å². The van der Waals surface area contributed by atoms with Gasteiger partial charge < -0.3 is 19.9 Å². The van der Waals surface area contributed by atoms with Crippen molar-refractivity contribution >= 4 is 17.1 Å². The highest BCUT2D eigenvalue weighted by atomic mass is 19.4. The van der Waals surface area contributed by atoms with Crippen LogP contribution in [0.1, 0.15) is 52.8 Å². The number of H-pyrrole nitrogens is 1. The quantitative estimate of drug-likeness (QED) is 0.617. The van der Waals surface area contributed by atoms with Crippen LogP contribution in [0.5, 0.6) is 5.75 Å². The molecule has 2 fully saturated rings. The number of hydrogen-bond donors (Lipinski definition) is 2. The normalized spacial score (nSPS) is 19.8. The number of halogens is 3. The van der Waals surface area contributed by atoms with Crippen molar-refractivity contribution in [3.8, 4) is 5.75 Å². The number of alkyl halides is 3. The van der Waals surface area contributed by atoms with E-state index in [1.165, 1.54) is 17.7 Å². The van der Waals surface area contributed by atoms with E-state index in [1.807, 2.05) is 6.07 Å². The first-order valence-corrected chi connectivity index (χ1v) is 11.1. The van der Waals surface area contributed by atoms with Gasteiger partial charge in [-0.15, -0.1) is 13.2 Å². The van der Waals surface area contributed by atoms with Crippen molar-refractivity contribution in [1.82, 2.24) is 25.2 Å². The predicted molar refractivity (Wildman–Crippen MR) is 115 cm³/mol. The first-order chi connectivity index (χ1) is 15.9. The SMILES string of the molecule is O=C(c1ccc(OC(F)(F)F)cc1)N1CCC(c2ccnc3nc([C@@H]4CCNC4)[nH]c23)CC1. The molecular formula is C23H24F3N5O2. The van der Waals surface area contributed by atoms with Gasteiger partial charge in [0.25, 0.3) is 5.91 Å². The molecule has 0 spiro atoms. The third kappa shape index (κ3) is 4.66. The number of fused-ring (bicyclic) bond motifs is 1. The van der Waals surface area contributed by atoms with Gasteiger partial charge in [0, 0.05) is 37.3 Å². The van der Waals surface area contributed by atoms with Crippen LogP contribution in [-0.2, 0) is 0 Å². The molecule has 1 amide bonds. The lowest BCUT2D eigenvalue weighted by Gasteiger charge is -2.32. The minimum Gasteiger partial charge on any atom is -0.406 e. The molecule has 5 rings (SSSR count). The molecule has 2 N–H and O–H groups in total. The number of likely N-dealkylation sites (tertiary alicyclic amines) is 1. The lowest BCUT2D eigenvalue weighted by molar-refractivity contribution is -0.274. The number of ether oxygens (including phenoxy) is 1. The molecule has 2 aliphatic rings. The zero-order valence-electron chi connectivity index (χ0n) is 17.9. The molecule has 0 bridgehead atoms. The number of nitrogens with one attached hydrogen (secondary N) is 2. The number of benzene rings is 1. The van der Waals surface area contributed by atoms with Crippen molar-refractivity contribution in [2.45, 2.75) is 37.5 Å². The summed E-state index contributed by atoms with van der Waals surface area (Å²) in [6.07, 6.45) is -0.329. The van der Waals surface area contributed by atoms with E-state index in [-0.39, 0.29) is 17.6 Å². The van der Waals surface area contributed by atoms with Gasteiger partial charge >= 0.3 is 6.36 Å². The zero-order chi connectivity index (χ0) is 23.0. The number of imidazole rings is 1. The van der Waals surface area contributed by atoms with Crippen LogP contribution in [0.2, 0.25) is 0 Å². The number of carbonyl (C=O) groups excluding carboxylic acids is 1. The van der Waals surface area contributed by atoms with Gasteiger partial charge in [-0.25, -0.2) is 9.97 Å². The van der Waals surface area contributed by atoms with Gasteiger partial charge in [-0.1, -0.05) is 0 Å². The fourth-order valence-electron chi connectivity index (χ4n) is 4.75. The molecule has 0 aliphatic carbocycles. The largest absolute Gasteiger partial charge is 0.573 e. The molecule has 2 aromatic heterocycles. The Bertz CT molecular complexity index is 1130. The number of amides is 1. The van der Waals surface area contributed by atoms with Crippen LogP contribution in [0.25, 0.3) is 11.2 Å². The van der Waals surface area contributed by atoms with E-state index in [0.717, 1.165) is 61.5 Å². The van der Waals surface area contributed by atoms with Crippen LogP contribution in [0.15, 0.2) is 36.5 Å². The van der Waals surface area contributed by atoms with Crippen molar-refractivity contribution in [2.75, 3.05) is 26.2 Å². The predicted octanol–water partition coefficient (Wildman–Crippen LogP) is 3.95. The van der Waals surface area contributed by atoms with Crippen molar-refractivity contribution in [3.63, 3.8) is 0 Å². The van der Waals surface area contributed by atoms with Gasteiger partial charge in [0.1, 0.15) is 11.6 Å². The Morgan fingerprint density at radius 2 is 1.82 bits per heavy atom. The number of rotatable bonds is 4. The van der Waals surface area contributed by atoms with Crippen molar-refractivity contribution in [2.24, 2.45) is 0 Å². The number of aromatic nitrogens is 3. The van der Waals surface area contributed by atoms with E-state index < -0.39 is 6.36 Å².